The average Bonchev–Trinajstić information content (AvgIpc) is 3.97. The van der Waals surface area contributed by atoms with Crippen LogP contribution in [0.1, 0.15) is 49.3 Å². The molecule has 4 aromatic carbocycles. The zero-order valence-electron chi connectivity index (χ0n) is 32.1. The van der Waals surface area contributed by atoms with Gasteiger partial charge >= 0.3 is 6.03 Å². The Bertz CT molecular complexity index is 2290. The summed E-state index contributed by atoms with van der Waals surface area (Å²) in [5.41, 5.74) is 3.81. The van der Waals surface area contributed by atoms with Gasteiger partial charge in [0.15, 0.2) is 22.7 Å². The molecule has 8 rings (SSSR count). The van der Waals surface area contributed by atoms with Crippen molar-refractivity contribution in [2.24, 2.45) is 0 Å². The number of hydrogen-bond donors (Lipinski definition) is 6. The van der Waals surface area contributed by atoms with Crippen molar-refractivity contribution < 1.29 is 24.5 Å². The number of benzene rings is 4. The quantitative estimate of drug-likeness (QED) is 0.0836. The predicted molar refractivity (Wildman–Crippen MR) is 222 cm³/mol. The number of aliphatic hydroxyl groups is 2. The van der Waals surface area contributed by atoms with Gasteiger partial charge in [0.05, 0.1) is 24.1 Å². The standard InChI is InChI=1S/C44H47N9O5/c1-2-37(54)48-34-24-35(40(56)39(34)55)53-27-46-38-41(45-25-32(28-14-6-3-7-15-28)29-16-8-4-9-17-29)50-43(51-42(38)53)52-23-22-30(26-52)47-44(57)49-33-20-12-13-21-36(33)58-31-18-10-5-11-19-31/h3-21,27,30,32,34-35,39-40,55-56H,2,22-26H2,1H3,(H,48,54)(H,45,50,51)(H2,47,49,57)/t30-,34+,35-,39-,40+/m1/s1. The number of nitrogens with zero attached hydrogens (tertiary/aromatic N) is 5. The Balaban J connectivity index is 1.05. The smallest absolute Gasteiger partial charge is 0.319 e. The van der Waals surface area contributed by atoms with Gasteiger partial charge in [0.25, 0.3) is 0 Å². The van der Waals surface area contributed by atoms with Crippen molar-refractivity contribution in [1.82, 2.24) is 30.2 Å². The van der Waals surface area contributed by atoms with E-state index in [4.69, 9.17) is 19.7 Å². The maximum absolute atomic E-state index is 13.3. The fraction of sp³-hybridized carbons (Fsp3) is 0.295. The molecule has 3 amide bonds. The maximum Gasteiger partial charge on any atom is 0.319 e. The molecule has 14 heteroatoms. The van der Waals surface area contributed by atoms with Gasteiger partial charge in [-0.1, -0.05) is 97.9 Å². The Kier molecular flexibility index (Phi) is 11.5. The molecule has 2 fully saturated rings. The van der Waals surface area contributed by atoms with E-state index in [2.05, 4.69) is 45.5 Å². The molecule has 0 spiro atoms. The van der Waals surface area contributed by atoms with Crippen molar-refractivity contribution in [1.29, 1.82) is 0 Å². The number of nitrogens with one attached hydrogen (secondary N) is 4. The molecule has 0 radical (unpaired) electrons. The Morgan fingerprint density at radius 2 is 1.52 bits per heavy atom. The number of carbonyl (C=O) groups is 2. The van der Waals surface area contributed by atoms with Crippen LogP contribution >= 0.6 is 0 Å². The van der Waals surface area contributed by atoms with Crippen molar-refractivity contribution >= 4 is 40.6 Å². The van der Waals surface area contributed by atoms with Crippen LogP contribution in [-0.4, -0.2) is 85.6 Å². The van der Waals surface area contributed by atoms with E-state index < -0.39 is 24.3 Å². The summed E-state index contributed by atoms with van der Waals surface area (Å²) in [7, 11) is 0. The third-order valence-electron chi connectivity index (χ3n) is 10.9. The van der Waals surface area contributed by atoms with Crippen LogP contribution < -0.4 is 30.9 Å². The molecule has 14 nitrogen and oxygen atoms in total. The van der Waals surface area contributed by atoms with Gasteiger partial charge in [-0.15, -0.1) is 0 Å². The van der Waals surface area contributed by atoms with E-state index in [9.17, 15) is 19.8 Å². The van der Waals surface area contributed by atoms with Crippen LogP contribution in [-0.2, 0) is 4.79 Å². The highest BCUT2D eigenvalue weighted by molar-refractivity contribution is 5.91. The third kappa shape index (κ3) is 8.43. The Morgan fingerprint density at radius 1 is 0.845 bits per heavy atom. The number of aliphatic hydroxyl groups excluding tert-OH is 2. The van der Waals surface area contributed by atoms with Gasteiger partial charge in [0.1, 0.15) is 18.0 Å². The van der Waals surface area contributed by atoms with Crippen molar-refractivity contribution in [3.63, 3.8) is 0 Å². The minimum Gasteiger partial charge on any atom is -0.455 e. The van der Waals surface area contributed by atoms with Crippen molar-refractivity contribution in [3.8, 4) is 11.5 Å². The number of anilines is 3. The van der Waals surface area contributed by atoms with E-state index in [0.29, 0.717) is 66.2 Å². The monoisotopic (exact) mass is 781 g/mol. The van der Waals surface area contributed by atoms with Gasteiger partial charge in [-0.25, -0.2) is 9.78 Å². The first kappa shape index (κ1) is 38.4. The zero-order valence-corrected chi connectivity index (χ0v) is 32.1. The summed E-state index contributed by atoms with van der Waals surface area (Å²) in [5.74, 6) is 1.93. The summed E-state index contributed by atoms with van der Waals surface area (Å²) in [6, 6.07) is 35.4. The van der Waals surface area contributed by atoms with E-state index >= 15 is 0 Å². The van der Waals surface area contributed by atoms with E-state index in [1.165, 1.54) is 0 Å². The number of imidazole rings is 1. The molecule has 6 aromatic rings. The molecule has 58 heavy (non-hydrogen) atoms. The lowest BCUT2D eigenvalue weighted by Crippen LogP contribution is -2.42. The average molecular weight is 782 g/mol. The van der Waals surface area contributed by atoms with Crippen LogP contribution in [0.2, 0.25) is 0 Å². The summed E-state index contributed by atoms with van der Waals surface area (Å²) < 4.78 is 7.81. The number of urea groups is 1. The van der Waals surface area contributed by atoms with E-state index in [-0.39, 0.29) is 36.7 Å². The molecule has 0 unspecified atom stereocenters. The summed E-state index contributed by atoms with van der Waals surface area (Å²) in [5, 5.41) is 34.7. The first-order chi connectivity index (χ1) is 28.3. The lowest BCUT2D eigenvalue weighted by atomic mass is 9.91. The number of ether oxygens (including phenoxy) is 1. The minimum absolute atomic E-state index is 0.00482. The Morgan fingerprint density at radius 3 is 2.22 bits per heavy atom. The highest BCUT2D eigenvalue weighted by Gasteiger charge is 2.44. The van der Waals surface area contributed by atoms with Gasteiger partial charge in [0, 0.05) is 38.0 Å². The second-order valence-electron chi connectivity index (χ2n) is 14.7. The first-order valence-electron chi connectivity index (χ1n) is 19.7. The fourth-order valence-corrected chi connectivity index (χ4v) is 7.82. The topological polar surface area (TPSA) is 179 Å². The van der Waals surface area contributed by atoms with Crippen LogP contribution in [0.25, 0.3) is 11.2 Å². The van der Waals surface area contributed by atoms with Crippen LogP contribution in [0, 0.1) is 0 Å². The van der Waals surface area contributed by atoms with Gasteiger partial charge in [-0.2, -0.15) is 9.97 Å². The van der Waals surface area contributed by atoms with Crippen molar-refractivity contribution in [2.45, 2.75) is 62.4 Å². The van der Waals surface area contributed by atoms with Crippen molar-refractivity contribution in [3.05, 3.63) is 133 Å². The molecule has 6 N–H and O–H groups in total. The zero-order chi connectivity index (χ0) is 40.0. The molecule has 298 valence electrons. The molecule has 0 bridgehead atoms. The number of fused-ring (bicyclic) bond motifs is 1. The number of amides is 3. The van der Waals surface area contributed by atoms with Gasteiger partial charge in [0.2, 0.25) is 11.9 Å². The minimum atomic E-state index is -1.17. The third-order valence-corrected chi connectivity index (χ3v) is 10.9. The molecule has 1 saturated heterocycles. The van der Waals surface area contributed by atoms with Crippen molar-refractivity contribution in [2.75, 3.05) is 35.2 Å². The molecule has 1 aliphatic heterocycles. The summed E-state index contributed by atoms with van der Waals surface area (Å²) in [6.07, 6.45) is 0.480. The van der Waals surface area contributed by atoms with Crippen LogP contribution in [0.4, 0.5) is 22.2 Å². The lowest BCUT2D eigenvalue weighted by Gasteiger charge is -2.22. The molecular formula is C44H47N9O5. The first-order valence-corrected chi connectivity index (χ1v) is 19.7. The molecule has 1 saturated carbocycles. The SMILES string of the molecule is CCC(=O)N[C@H]1C[C@@H](n2cnc3c(NCC(c4ccccc4)c4ccccc4)nc(N4CC[C@@H](NC(=O)Nc5ccccc5Oc5ccccc5)C4)nc32)[C@H](O)[C@@H]1O. The fourth-order valence-electron chi connectivity index (χ4n) is 7.82. The Hall–Kier alpha value is -6.51. The van der Waals surface area contributed by atoms with Crippen LogP contribution in [0.15, 0.2) is 122 Å². The summed E-state index contributed by atoms with van der Waals surface area (Å²) in [6.45, 7) is 3.26. The van der Waals surface area contributed by atoms with E-state index in [1.807, 2.05) is 83.8 Å². The number of hydrogen-bond acceptors (Lipinski definition) is 10. The molecular weight excluding hydrogens is 735 g/mol. The normalized spacial score (nSPS) is 20.3. The molecule has 1 aliphatic carbocycles. The number of carbonyl (C=O) groups excluding carboxylic acids is 2. The van der Waals surface area contributed by atoms with Crippen LogP contribution in [0.3, 0.4) is 0 Å². The largest absolute Gasteiger partial charge is 0.455 e. The number of rotatable bonds is 13. The Labute approximate surface area is 336 Å². The molecule has 5 atom stereocenters. The predicted octanol–water partition coefficient (Wildman–Crippen LogP) is 5.82. The van der Waals surface area contributed by atoms with E-state index in [1.54, 1.807) is 30.0 Å². The molecule has 2 aliphatic rings. The summed E-state index contributed by atoms with van der Waals surface area (Å²) >= 11 is 0. The molecule has 3 heterocycles. The van der Waals surface area contributed by atoms with E-state index in [0.717, 1.165) is 11.1 Å². The highest BCUT2D eigenvalue weighted by atomic mass is 16.5. The second kappa shape index (κ2) is 17.3. The molecule has 2 aromatic heterocycles. The summed E-state index contributed by atoms with van der Waals surface area (Å²) in [4.78, 5) is 42.4. The van der Waals surface area contributed by atoms with Gasteiger partial charge < -0.3 is 45.7 Å². The van der Waals surface area contributed by atoms with Crippen LogP contribution in [0.5, 0.6) is 11.5 Å². The second-order valence-corrected chi connectivity index (χ2v) is 14.7. The van der Waals surface area contributed by atoms with Gasteiger partial charge in [-0.3, -0.25) is 4.79 Å². The highest BCUT2D eigenvalue weighted by Crippen LogP contribution is 2.36. The number of aromatic nitrogens is 4. The number of para-hydroxylation sites is 3. The van der Waals surface area contributed by atoms with Gasteiger partial charge in [-0.05, 0) is 48.2 Å². The maximum atomic E-state index is 13.3. The lowest BCUT2D eigenvalue weighted by molar-refractivity contribution is -0.122.